The molecule has 4 aromatic rings. The van der Waals surface area contributed by atoms with Crippen LogP contribution in [0.15, 0.2) is 82.2 Å². The first-order valence-corrected chi connectivity index (χ1v) is 8.90. The number of methoxy groups -OCH3 is 1. The van der Waals surface area contributed by atoms with E-state index in [0.717, 1.165) is 0 Å². The average molecular weight is 388 g/mol. The van der Waals surface area contributed by atoms with Gasteiger partial charge in [-0.25, -0.2) is 9.78 Å². The lowest BCUT2D eigenvalue weighted by Crippen LogP contribution is -2.38. The average Bonchev–Trinajstić information content (AvgIpc) is 3.28. The molecule has 0 saturated carbocycles. The largest absolute Gasteiger partial charge is 0.496 e. The second-order valence-corrected chi connectivity index (χ2v) is 6.18. The molecule has 0 spiro atoms. The molecule has 0 saturated heterocycles. The van der Waals surface area contributed by atoms with Crippen molar-refractivity contribution in [2.45, 2.75) is 0 Å². The van der Waals surface area contributed by atoms with E-state index in [0.29, 0.717) is 33.8 Å². The number of rotatable bonds is 5. The van der Waals surface area contributed by atoms with E-state index in [2.05, 4.69) is 10.4 Å². The predicted octanol–water partition coefficient (Wildman–Crippen LogP) is 2.87. The van der Waals surface area contributed by atoms with Gasteiger partial charge in [0.25, 0.3) is 5.91 Å². The van der Waals surface area contributed by atoms with E-state index < -0.39 is 5.91 Å². The van der Waals surface area contributed by atoms with Crippen LogP contribution in [-0.2, 0) is 4.79 Å². The number of benzene rings is 2. The molecule has 0 atom stereocenters. The van der Waals surface area contributed by atoms with Gasteiger partial charge in [0, 0.05) is 6.08 Å². The van der Waals surface area contributed by atoms with Crippen LogP contribution in [0.4, 0.5) is 0 Å². The number of nitrogens with zero attached hydrogens (tertiary/aromatic N) is 1. The number of hydrogen-bond donors (Lipinski definition) is 1. The number of H-pyrrole nitrogens is 1. The lowest BCUT2D eigenvalue weighted by Gasteiger charge is -2.09. The van der Waals surface area contributed by atoms with E-state index in [1.165, 1.54) is 23.1 Å². The van der Waals surface area contributed by atoms with Gasteiger partial charge in [0.2, 0.25) is 0 Å². The van der Waals surface area contributed by atoms with E-state index in [9.17, 15) is 9.59 Å². The highest BCUT2D eigenvalue weighted by molar-refractivity contribution is 5.97. The van der Waals surface area contributed by atoms with Gasteiger partial charge in [-0.2, -0.15) is 5.43 Å². The van der Waals surface area contributed by atoms with Crippen molar-refractivity contribution in [3.8, 4) is 17.1 Å². The minimum absolute atomic E-state index is 0.361. The molecule has 7 nitrogen and oxygen atoms in total. The first kappa shape index (κ1) is 18.2. The van der Waals surface area contributed by atoms with Crippen molar-refractivity contribution in [1.29, 1.82) is 0 Å². The van der Waals surface area contributed by atoms with Crippen molar-refractivity contribution in [2.24, 2.45) is 0 Å². The zero-order valence-corrected chi connectivity index (χ0v) is 15.6. The van der Waals surface area contributed by atoms with Crippen molar-refractivity contribution < 1.29 is 18.9 Å². The topological polar surface area (TPSA) is 87.6 Å². The first-order valence-electron chi connectivity index (χ1n) is 8.90. The normalized spacial score (nSPS) is 11.1. The first-order chi connectivity index (χ1) is 14.2. The summed E-state index contributed by atoms with van der Waals surface area (Å²) in [5, 5.41) is 0.446. The fraction of sp³-hybridized carbons (Fsp3) is 0.0455. The van der Waals surface area contributed by atoms with Gasteiger partial charge < -0.3 is 9.15 Å². The Balaban J connectivity index is 1.84. The number of furan rings is 1. The highest BCUT2D eigenvalue weighted by Crippen LogP contribution is 2.26. The Hall–Kier alpha value is -4.13. The Morgan fingerprint density at radius 1 is 1.10 bits per heavy atom. The zero-order valence-electron chi connectivity index (χ0n) is 15.6. The zero-order chi connectivity index (χ0) is 20.2. The third-order valence-corrected chi connectivity index (χ3v) is 4.36. The molecule has 29 heavy (non-hydrogen) atoms. The highest BCUT2D eigenvalue weighted by atomic mass is 16.5. The number of carbonyl (C=O) groups is 1. The second-order valence-electron chi connectivity index (χ2n) is 6.18. The standard InChI is InChI=1S/C22H17N3O4/c1-28-19-11-5-3-9-17(19)21-23-18-10-4-2-8-16(18)22(27)25(21)24-20(26)13-12-15-7-6-14-29-15/h2-14H,1H3,(H,24,26)/p+1/b13-12+. The SMILES string of the molecule is COc1ccccc1-c1[nH+]c2ccccc2c(=O)n1NC(=O)/C=C/c1ccco1. The molecular formula is C22H18N3O4+. The lowest BCUT2D eigenvalue weighted by atomic mass is 10.1. The Labute approximate surface area is 165 Å². The number of ether oxygens (including phenoxy) is 1. The van der Waals surface area contributed by atoms with Crippen molar-refractivity contribution in [3.63, 3.8) is 0 Å². The Morgan fingerprint density at radius 3 is 2.69 bits per heavy atom. The number of amides is 1. The number of carbonyl (C=O) groups excluding carboxylic acids is 1. The van der Waals surface area contributed by atoms with Crippen LogP contribution in [0.5, 0.6) is 5.75 Å². The summed E-state index contributed by atoms with van der Waals surface area (Å²) in [4.78, 5) is 28.9. The van der Waals surface area contributed by atoms with Gasteiger partial charge in [0.1, 0.15) is 28.0 Å². The van der Waals surface area contributed by atoms with E-state index >= 15 is 0 Å². The van der Waals surface area contributed by atoms with Crippen molar-refractivity contribution in [2.75, 3.05) is 12.5 Å². The van der Waals surface area contributed by atoms with Gasteiger partial charge in [-0.1, -0.05) is 28.9 Å². The van der Waals surface area contributed by atoms with Crippen molar-refractivity contribution in [1.82, 2.24) is 4.68 Å². The third kappa shape index (κ3) is 3.66. The summed E-state index contributed by atoms with van der Waals surface area (Å²) in [6.07, 6.45) is 4.33. The molecule has 0 aliphatic rings. The molecule has 4 rings (SSSR count). The number of aromatic amines is 1. The number of fused-ring (bicyclic) bond motifs is 1. The van der Waals surface area contributed by atoms with Crippen LogP contribution in [0.1, 0.15) is 5.76 Å². The van der Waals surface area contributed by atoms with Crippen LogP contribution in [0.25, 0.3) is 28.4 Å². The third-order valence-electron chi connectivity index (χ3n) is 4.36. The molecule has 0 fully saturated rings. The molecule has 2 heterocycles. The van der Waals surface area contributed by atoms with Crippen LogP contribution in [-0.4, -0.2) is 17.7 Å². The molecule has 0 unspecified atom stereocenters. The summed E-state index contributed by atoms with van der Waals surface area (Å²) in [5.41, 5.74) is 3.55. The molecule has 7 heteroatoms. The number of aromatic nitrogens is 2. The summed E-state index contributed by atoms with van der Waals surface area (Å²) in [7, 11) is 1.55. The smallest absolute Gasteiger partial charge is 0.369 e. The van der Waals surface area contributed by atoms with E-state index in [-0.39, 0.29) is 5.56 Å². The quantitative estimate of drug-likeness (QED) is 0.533. The van der Waals surface area contributed by atoms with Crippen LogP contribution in [0.3, 0.4) is 0 Å². The minimum atomic E-state index is -0.483. The second kappa shape index (κ2) is 7.85. The number of hydrogen-bond acceptors (Lipinski definition) is 4. The maximum Gasteiger partial charge on any atom is 0.369 e. The Bertz CT molecular complexity index is 1260. The van der Waals surface area contributed by atoms with Crippen LogP contribution < -0.4 is 20.7 Å². The summed E-state index contributed by atoms with van der Waals surface area (Å²) >= 11 is 0. The van der Waals surface area contributed by atoms with Crippen LogP contribution in [0.2, 0.25) is 0 Å². The highest BCUT2D eigenvalue weighted by Gasteiger charge is 2.23. The lowest BCUT2D eigenvalue weighted by molar-refractivity contribution is -0.337. The van der Waals surface area contributed by atoms with E-state index in [1.54, 1.807) is 49.6 Å². The van der Waals surface area contributed by atoms with Gasteiger partial charge >= 0.3 is 11.4 Å². The molecule has 2 aromatic heterocycles. The monoisotopic (exact) mass is 388 g/mol. The molecule has 1 amide bonds. The van der Waals surface area contributed by atoms with Gasteiger partial charge in [-0.15, -0.1) is 0 Å². The van der Waals surface area contributed by atoms with E-state index in [4.69, 9.17) is 9.15 Å². The summed E-state index contributed by atoms with van der Waals surface area (Å²) < 4.78 is 11.8. The maximum absolute atomic E-state index is 13.1. The number of para-hydroxylation sites is 2. The fourth-order valence-corrected chi connectivity index (χ4v) is 3.01. The Kier molecular flexibility index (Phi) is 4.94. The maximum atomic E-state index is 13.1. The van der Waals surface area contributed by atoms with E-state index in [1.807, 2.05) is 18.2 Å². The molecule has 0 radical (unpaired) electrons. The summed E-state index contributed by atoms with van der Waals surface area (Å²) in [6, 6.07) is 17.8. The molecule has 0 aliphatic carbocycles. The molecular weight excluding hydrogens is 370 g/mol. The number of nitrogens with one attached hydrogen (secondary N) is 2. The molecule has 2 aromatic carbocycles. The molecule has 0 bridgehead atoms. The predicted molar refractivity (Wildman–Crippen MR) is 109 cm³/mol. The molecule has 2 N–H and O–H groups in total. The van der Waals surface area contributed by atoms with Gasteiger partial charge in [0.05, 0.1) is 13.4 Å². The molecule has 0 aliphatic heterocycles. The minimum Gasteiger partial charge on any atom is -0.496 e. The van der Waals surface area contributed by atoms with Gasteiger partial charge in [-0.05, 0) is 42.5 Å². The molecule has 144 valence electrons. The van der Waals surface area contributed by atoms with Crippen molar-refractivity contribution >= 4 is 22.9 Å². The van der Waals surface area contributed by atoms with Crippen molar-refractivity contribution in [3.05, 3.63) is 89.1 Å². The van der Waals surface area contributed by atoms with Crippen LogP contribution >= 0.6 is 0 Å². The Morgan fingerprint density at radius 2 is 1.90 bits per heavy atom. The summed E-state index contributed by atoms with van der Waals surface area (Å²) in [5.74, 6) is 1.00. The van der Waals surface area contributed by atoms with Gasteiger partial charge in [0.15, 0.2) is 0 Å². The fourth-order valence-electron chi connectivity index (χ4n) is 3.01. The van der Waals surface area contributed by atoms with Crippen LogP contribution in [0, 0.1) is 0 Å². The summed E-state index contributed by atoms with van der Waals surface area (Å²) in [6.45, 7) is 0. The van der Waals surface area contributed by atoms with Gasteiger partial charge in [-0.3, -0.25) is 4.79 Å².